The third-order valence-electron chi connectivity index (χ3n) is 3.10. The van der Waals surface area contributed by atoms with Crippen LogP contribution < -0.4 is 5.32 Å². The Hall–Kier alpha value is -0.420. The summed E-state index contributed by atoms with van der Waals surface area (Å²) in [5.74, 6) is 0. The summed E-state index contributed by atoms with van der Waals surface area (Å²) >= 11 is 3.67. The molecule has 0 aromatic heterocycles. The van der Waals surface area contributed by atoms with E-state index in [0.717, 1.165) is 39.4 Å². The second-order valence-corrected chi connectivity index (χ2v) is 5.38. The van der Waals surface area contributed by atoms with Crippen molar-refractivity contribution in [1.82, 2.24) is 10.2 Å². The molecule has 0 heterocycles. The highest BCUT2D eigenvalue weighted by molar-refractivity contribution is 9.10. The third-order valence-corrected chi connectivity index (χ3v) is 3.83. The van der Waals surface area contributed by atoms with Gasteiger partial charge in [0.05, 0.1) is 6.61 Å². The largest absolute Gasteiger partial charge is 0.380 e. The lowest BCUT2D eigenvalue weighted by Gasteiger charge is -2.21. The van der Waals surface area contributed by atoms with Crippen LogP contribution >= 0.6 is 15.9 Å². The molecule has 0 saturated heterocycles. The van der Waals surface area contributed by atoms with Crippen LogP contribution in [-0.4, -0.2) is 38.3 Å². The predicted molar refractivity (Wildman–Crippen MR) is 84.3 cm³/mol. The average Bonchev–Trinajstić information content (AvgIpc) is 2.40. The van der Waals surface area contributed by atoms with Gasteiger partial charge < -0.3 is 10.1 Å². The van der Waals surface area contributed by atoms with Gasteiger partial charge in [0, 0.05) is 30.7 Å². The van der Waals surface area contributed by atoms with Crippen LogP contribution in [0.5, 0.6) is 0 Å². The summed E-state index contributed by atoms with van der Waals surface area (Å²) in [7, 11) is 1.97. The number of hydrogen-bond donors (Lipinski definition) is 1. The lowest BCUT2D eigenvalue weighted by Crippen LogP contribution is -2.27. The fraction of sp³-hybridized carbons (Fsp3) is 0.600. The Morgan fingerprint density at radius 1 is 1.32 bits per heavy atom. The first-order valence-electron chi connectivity index (χ1n) is 6.93. The number of benzene rings is 1. The smallest absolute Gasteiger partial charge is 0.0593 e. The predicted octanol–water partition coefficient (Wildman–Crippen LogP) is 3.03. The molecule has 1 N–H and O–H groups in total. The Morgan fingerprint density at radius 3 is 2.68 bits per heavy atom. The molecule has 0 unspecified atom stereocenters. The average molecular weight is 329 g/mol. The van der Waals surface area contributed by atoms with Gasteiger partial charge in [0.15, 0.2) is 0 Å². The molecule has 0 fully saturated rings. The molecule has 108 valence electrons. The molecule has 0 radical (unpaired) electrons. The van der Waals surface area contributed by atoms with E-state index in [2.05, 4.69) is 51.3 Å². The van der Waals surface area contributed by atoms with Crippen LogP contribution in [0.25, 0.3) is 0 Å². The van der Waals surface area contributed by atoms with Gasteiger partial charge in [-0.25, -0.2) is 0 Å². The number of ether oxygens (including phenoxy) is 1. The Balaban J connectivity index is 2.58. The maximum atomic E-state index is 5.42. The van der Waals surface area contributed by atoms with Crippen molar-refractivity contribution < 1.29 is 4.74 Å². The van der Waals surface area contributed by atoms with Crippen LogP contribution in [-0.2, 0) is 17.8 Å². The summed E-state index contributed by atoms with van der Waals surface area (Å²) in [5.41, 5.74) is 2.63. The molecule has 0 saturated carbocycles. The molecule has 1 aromatic rings. The summed E-state index contributed by atoms with van der Waals surface area (Å²) in [5, 5.41) is 3.17. The zero-order valence-electron chi connectivity index (χ0n) is 12.2. The molecule has 1 aromatic carbocycles. The van der Waals surface area contributed by atoms with Gasteiger partial charge in [0.25, 0.3) is 0 Å². The molecule has 3 nitrogen and oxygen atoms in total. The van der Waals surface area contributed by atoms with Crippen molar-refractivity contribution in [3.05, 3.63) is 33.8 Å². The van der Waals surface area contributed by atoms with Crippen molar-refractivity contribution in [2.75, 3.05) is 33.4 Å². The Morgan fingerprint density at radius 2 is 2.11 bits per heavy atom. The molecule has 19 heavy (non-hydrogen) atoms. The number of hydrogen-bond acceptors (Lipinski definition) is 3. The molecule has 0 spiro atoms. The van der Waals surface area contributed by atoms with E-state index in [1.807, 2.05) is 14.0 Å². The fourth-order valence-electron chi connectivity index (χ4n) is 1.96. The highest BCUT2D eigenvalue weighted by atomic mass is 79.9. The summed E-state index contributed by atoms with van der Waals surface area (Å²) in [6.45, 7) is 9.71. The fourth-order valence-corrected chi connectivity index (χ4v) is 2.51. The Labute approximate surface area is 125 Å². The minimum Gasteiger partial charge on any atom is -0.380 e. The first kappa shape index (κ1) is 16.6. The standard InChI is InChI=1S/C15H25BrN2O/c1-4-18(8-9-19-5-2)12-14-7-6-13(11-17-3)10-15(14)16/h6-7,10,17H,4-5,8-9,11-12H2,1-3H3. The molecule has 0 amide bonds. The Bertz CT molecular complexity index is 371. The Kier molecular flexibility index (Phi) is 8.30. The zero-order valence-corrected chi connectivity index (χ0v) is 13.8. The van der Waals surface area contributed by atoms with Gasteiger partial charge in [-0.1, -0.05) is 35.0 Å². The lowest BCUT2D eigenvalue weighted by atomic mass is 10.1. The van der Waals surface area contributed by atoms with Gasteiger partial charge in [-0.2, -0.15) is 0 Å². The van der Waals surface area contributed by atoms with Gasteiger partial charge in [-0.3, -0.25) is 4.90 Å². The van der Waals surface area contributed by atoms with Crippen molar-refractivity contribution in [3.63, 3.8) is 0 Å². The summed E-state index contributed by atoms with van der Waals surface area (Å²) < 4.78 is 6.61. The molecule has 1 rings (SSSR count). The lowest BCUT2D eigenvalue weighted by molar-refractivity contribution is 0.113. The van der Waals surface area contributed by atoms with Crippen molar-refractivity contribution in [2.24, 2.45) is 0 Å². The first-order valence-corrected chi connectivity index (χ1v) is 7.72. The second-order valence-electron chi connectivity index (χ2n) is 4.52. The van der Waals surface area contributed by atoms with Crippen LogP contribution in [0, 0.1) is 0 Å². The van der Waals surface area contributed by atoms with E-state index in [1.54, 1.807) is 0 Å². The van der Waals surface area contributed by atoms with Gasteiger partial charge in [0.2, 0.25) is 0 Å². The molecule has 0 aliphatic rings. The minimum atomic E-state index is 0.792. The highest BCUT2D eigenvalue weighted by Gasteiger charge is 2.07. The quantitative estimate of drug-likeness (QED) is 0.705. The van der Waals surface area contributed by atoms with Crippen molar-refractivity contribution in [3.8, 4) is 0 Å². The topological polar surface area (TPSA) is 24.5 Å². The molecular formula is C15H25BrN2O. The van der Waals surface area contributed by atoms with Gasteiger partial charge >= 0.3 is 0 Å². The van der Waals surface area contributed by atoms with Crippen LogP contribution in [0.3, 0.4) is 0 Å². The SMILES string of the molecule is CCOCCN(CC)Cc1ccc(CNC)cc1Br. The maximum absolute atomic E-state index is 5.42. The molecule has 0 atom stereocenters. The number of nitrogens with zero attached hydrogens (tertiary/aromatic N) is 1. The summed E-state index contributed by atoms with van der Waals surface area (Å²) in [4.78, 5) is 2.40. The van der Waals surface area contributed by atoms with Gasteiger partial charge in [-0.05, 0) is 37.7 Å². The van der Waals surface area contributed by atoms with Crippen molar-refractivity contribution >= 4 is 15.9 Å². The van der Waals surface area contributed by atoms with E-state index in [9.17, 15) is 0 Å². The molecule has 0 bridgehead atoms. The van der Waals surface area contributed by atoms with Gasteiger partial charge in [0.1, 0.15) is 0 Å². The highest BCUT2D eigenvalue weighted by Crippen LogP contribution is 2.20. The van der Waals surface area contributed by atoms with E-state index in [1.165, 1.54) is 15.6 Å². The summed E-state index contributed by atoms with van der Waals surface area (Å²) in [6.07, 6.45) is 0. The molecule has 4 heteroatoms. The van der Waals surface area contributed by atoms with Crippen LogP contribution in [0.15, 0.2) is 22.7 Å². The maximum Gasteiger partial charge on any atom is 0.0593 e. The van der Waals surface area contributed by atoms with E-state index in [4.69, 9.17) is 4.74 Å². The van der Waals surface area contributed by atoms with Crippen LogP contribution in [0.1, 0.15) is 25.0 Å². The van der Waals surface area contributed by atoms with E-state index >= 15 is 0 Å². The molecule has 0 aliphatic heterocycles. The number of nitrogens with one attached hydrogen (secondary N) is 1. The van der Waals surface area contributed by atoms with E-state index < -0.39 is 0 Å². The first-order chi connectivity index (χ1) is 9.21. The number of halogens is 1. The van der Waals surface area contributed by atoms with Crippen LogP contribution in [0.2, 0.25) is 0 Å². The van der Waals surface area contributed by atoms with Crippen LogP contribution in [0.4, 0.5) is 0 Å². The van der Waals surface area contributed by atoms with Gasteiger partial charge in [-0.15, -0.1) is 0 Å². The molecular weight excluding hydrogens is 304 g/mol. The zero-order chi connectivity index (χ0) is 14.1. The summed E-state index contributed by atoms with van der Waals surface area (Å²) in [6, 6.07) is 6.59. The number of rotatable bonds is 9. The molecule has 0 aliphatic carbocycles. The van der Waals surface area contributed by atoms with Crippen molar-refractivity contribution in [2.45, 2.75) is 26.9 Å². The third kappa shape index (κ3) is 6.04. The second kappa shape index (κ2) is 9.48. The minimum absolute atomic E-state index is 0.792. The van der Waals surface area contributed by atoms with Crippen molar-refractivity contribution in [1.29, 1.82) is 0 Å². The monoisotopic (exact) mass is 328 g/mol. The van der Waals surface area contributed by atoms with E-state index in [0.29, 0.717) is 0 Å². The normalized spacial score (nSPS) is 11.2. The number of likely N-dealkylation sites (N-methyl/N-ethyl adjacent to an activating group) is 1. The van der Waals surface area contributed by atoms with E-state index in [-0.39, 0.29) is 0 Å².